The van der Waals surface area contributed by atoms with Crippen LogP contribution in [0.2, 0.25) is 0 Å². The summed E-state index contributed by atoms with van der Waals surface area (Å²) < 4.78 is 0. The highest BCUT2D eigenvalue weighted by Gasteiger charge is 2.07. The van der Waals surface area contributed by atoms with Crippen LogP contribution in [-0.2, 0) is 0 Å². The average molecular weight is 192 g/mol. The van der Waals surface area contributed by atoms with Gasteiger partial charge in [-0.15, -0.1) is 0 Å². The van der Waals surface area contributed by atoms with Crippen molar-refractivity contribution in [2.45, 2.75) is 19.9 Å². The van der Waals surface area contributed by atoms with Crippen LogP contribution < -0.4 is 5.73 Å². The van der Waals surface area contributed by atoms with Gasteiger partial charge in [0.15, 0.2) is 0 Å². The Labute approximate surface area is 86.7 Å². The Morgan fingerprint density at radius 2 is 2.14 bits per heavy atom. The van der Waals surface area contributed by atoms with Crippen molar-refractivity contribution in [1.29, 1.82) is 0 Å². The van der Waals surface area contributed by atoms with Gasteiger partial charge in [0, 0.05) is 12.6 Å². The van der Waals surface area contributed by atoms with Gasteiger partial charge in [-0.25, -0.2) is 0 Å². The van der Waals surface area contributed by atoms with E-state index in [1.165, 1.54) is 11.1 Å². The quantitative estimate of drug-likeness (QED) is 0.790. The number of likely N-dealkylation sites (N-methyl/N-ethyl adjacent to an activating group) is 1. The number of benzene rings is 1. The summed E-state index contributed by atoms with van der Waals surface area (Å²) in [6.45, 7) is 6.20. The Morgan fingerprint density at radius 3 is 2.71 bits per heavy atom. The van der Waals surface area contributed by atoms with Crippen LogP contribution in [0.1, 0.15) is 24.1 Å². The van der Waals surface area contributed by atoms with E-state index >= 15 is 0 Å². The van der Waals surface area contributed by atoms with Crippen LogP contribution in [0.25, 0.3) is 0 Å². The van der Waals surface area contributed by atoms with Crippen molar-refractivity contribution in [3.8, 4) is 0 Å². The minimum atomic E-state index is 0.125. The molecule has 0 saturated carbocycles. The summed E-state index contributed by atoms with van der Waals surface area (Å²) in [5.41, 5.74) is 8.60. The lowest BCUT2D eigenvalue weighted by Crippen LogP contribution is -2.28. The number of aryl methyl sites for hydroxylation is 1. The fraction of sp³-hybridized carbons (Fsp3) is 0.500. The molecule has 1 aromatic rings. The van der Waals surface area contributed by atoms with E-state index in [0.29, 0.717) is 0 Å². The van der Waals surface area contributed by atoms with Crippen LogP contribution in [-0.4, -0.2) is 25.0 Å². The standard InChI is InChI=1S/C12H20N2/c1-4-14(3)9-12(13)11-7-5-6-10(2)8-11/h5-8,12H,4,9,13H2,1-3H3. The third-order valence-electron chi connectivity index (χ3n) is 2.52. The minimum absolute atomic E-state index is 0.125. The molecule has 0 aliphatic rings. The van der Waals surface area contributed by atoms with Gasteiger partial charge >= 0.3 is 0 Å². The summed E-state index contributed by atoms with van der Waals surface area (Å²) >= 11 is 0. The molecule has 0 saturated heterocycles. The van der Waals surface area contributed by atoms with Crippen LogP contribution in [0, 0.1) is 6.92 Å². The van der Waals surface area contributed by atoms with Crippen molar-refractivity contribution in [3.05, 3.63) is 35.4 Å². The van der Waals surface area contributed by atoms with E-state index in [2.05, 4.69) is 50.1 Å². The largest absolute Gasteiger partial charge is 0.323 e. The molecule has 0 amide bonds. The first-order chi connectivity index (χ1) is 6.63. The van der Waals surface area contributed by atoms with E-state index in [4.69, 9.17) is 5.73 Å². The molecule has 0 aliphatic heterocycles. The van der Waals surface area contributed by atoms with Crippen LogP contribution in [0.5, 0.6) is 0 Å². The Bertz CT molecular complexity index is 283. The molecule has 1 aromatic carbocycles. The molecule has 0 heterocycles. The van der Waals surface area contributed by atoms with Gasteiger partial charge in [-0.05, 0) is 26.1 Å². The summed E-state index contributed by atoms with van der Waals surface area (Å²) in [7, 11) is 2.09. The van der Waals surface area contributed by atoms with Gasteiger partial charge in [-0.1, -0.05) is 36.8 Å². The second kappa shape index (κ2) is 5.13. The summed E-state index contributed by atoms with van der Waals surface area (Å²) in [5, 5.41) is 0. The highest BCUT2D eigenvalue weighted by atomic mass is 15.1. The zero-order valence-electron chi connectivity index (χ0n) is 9.33. The summed E-state index contributed by atoms with van der Waals surface area (Å²) in [4.78, 5) is 2.23. The first-order valence-electron chi connectivity index (χ1n) is 5.14. The molecule has 2 nitrogen and oxygen atoms in total. The molecule has 0 spiro atoms. The summed E-state index contributed by atoms with van der Waals surface area (Å²) in [6, 6.07) is 8.55. The molecule has 1 rings (SSSR count). The van der Waals surface area contributed by atoms with Crippen LogP contribution in [0.15, 0.2) is 24.3 Å². The Kier molecular flexibility index (Phi) is 4.11. The Morgan fingerprint density at radius 1 is 1.43 bits per heavy atom. The number of nitrogens with zero attached hydrogens (tertiary/aromatic N) is 1. The van der Waals surface area contributed by atoms with Crippen LogP contribution in [0.3, 0.4) is 0 Å². The monoisotopic (exact) mass is 192 g/mol. The smallest absolute Gasteiger partial charge is 0.0424 e. The molecule has 0 radical (unpaired) electrons. The molecule has 0 fully saturated rings. The van der Waals surface area contributed by atoms with E-state index < -0.39 is 0 Å². The van der Waals surface area contributed by atoms with E-state index in [9.17, 15) is 0 Å². The van der Waals surface area contributed by atoms with Crippen molar-refractivity contribution < 1.29 is 0 Å². The number of nitrogens with two attached hydrogens (primary N) is 1. The molecule has 0 aliphatic carbocycles. The molecule has 0 aromatic heterocycles. The fourth-order valence-corrected chi connectivity index (χ4v) is 1.47. The van der Waals surface area contributed by atoms with Gasteiger partial charge in [0.25, 0.3) is 0 Å². The molecule has 2 N–H and O–H groups in total. The molecule has 1 atom stereocenters. The van der Waals surface area contributed by atoms with Gasteiger partial charge in [-0.3, -0.25) is 0 Å². The summed E-state index contributed by atoms with van der Waals surface area (Å²) in [6.07, 6.45) is 0. The predicted molar refractivity (Wildman–Crippen MR) is 61.3 cm³/mol. The van der Waals surface area contributed by atoms with Crippen molar-refractivity contribution >= 4 is 0 Å². The number of rotatable bonds is 4. The normalized spacial score (nSPS) is 13.2. The zero-order valence-corrected chi connectivity index (χ0v) is 9.33. The van der Waals surface area contributed by atoms with E-state index in [0.717, 1.165) is 13.1 Å². The lowest BCUT2D eigenvalue weighted by atomic mass is 10.1. The average Bonchev–Trinajstić information content (AvgIpc) is 2.17. The van der Waals surface area contributed by atoms with Gasteiger partial charge in [0.2, 0.25) is 0 Å². The summed E-state index contributed by atoms with van der Waals surface area (Å²) in [5.74, 6) is 0. The van der Waals surface area contributed by atoms with E-state index in [-0.39, 0.29) is 6.04 Å². The van der Waals surface area contributed by atoms with E-state index in [1.807, 2.05) is 0 Å². The van der Waals surface area contributed by atoms with Gasteiger partial charge in [0.05, 0.1) is 0 Å². The Hall–Kier alpha value is -0.860. The second-order valence-electron chi connectivity index (χ2n) is 3.88. The van der Waals surface area contributed by atoms with Crippen molar-refractivity contribution in [2.75, 3.05) is 20.1 Å². The maximum Gasteiger partial charge on any atom is 0.0424 e. The highest BCUT2D eigenvalue weighted by Crippen LogP contribution is 2.12. The molecule has 0 bridgehead atoms. The Balaban J connectivity index is 2.64. The lowest BCUT2D eigenvalue weighted by molar-refractivity contribution is 0.329. The topological polar surface area (TPSA) is 29.3 Å². The predicted octanol–water partition coefficient (Wildman–Crippen LogP) is 1.95. The third kappa shape index (κ3) is 3.13. The number of hydrogen-bond acceptors (Lipinski definition) is 2. The van der Waals surface area contributed by atoms with Crippen LogP contribution >= 0.6 is 0 Å². The maximum absolute atomic E-state index is 6.10. The first-order valence-corrected chi connectivity index (χ1v) is 5.14. The second-order valence-corrected chi connectivity index (χ2v) is 3.88. The van der Waals surface area contributed by atoms with Crippen LogP contribution in [0.4, 0.5) is 0 Å². The zero-order chi connectivity index (χ0) is 10.6. The highest BCUT2D eigenvalue weighted by molar-refractivity contribution is 5.24. The van der Waals surface area contributed by atoms with Crippen molar-refractivity contribution in [3.63, 3.8) is 0 Å². The lowest BCUT2D eigenvalue weighted by Gasteiger charge is -2.20. The van der Waals surface area contributed by atoms with Gasteiger partial charge < -0.3 is 10.6 Å². The third-order valence-corrected chi connectivity index (χ3v) is 2.52. The number of hydrogen-bond donors (Lipinski definition) is 1. The molecular weight excluding hydrogens is 172 g/mol. The minimum Gasteiger partial charge on any atom is -0.323 e. The van der Waals surface area contributed by atoms with Crippen molar-refractivity contribution in [1.82, 2.24) is 4.90 Å². The van der Waals surface area contributed by atoms with E-state index in [1.54, 1.807) is 0 Å². The van der Waals surface area contributed by atoms with Gasteiger partial charge in [0.1, 0.15) is 0 Å². The van der Waals surface area contributed by atoms with Gasteiger partial charge in [-0.2, -0.15) is 0 Å². The first kappa shape index (κ1) is 11.2. The SMILES string of the molecule is CCN(C)CC(N)c1cccc(C)c1. The maximum atomic E-state index is 6.10. The molecule has 2 heteroatoms. The fourth-order valence-electron chi connectivity index (χ4n) is 1.47. The molecule has 14 heavy (non-hydrogen) atoms. The molecular formula is C12H20N2. The molecule has 78 valence electrons. The molecule has 1 unspecified atom stereocenters. The van der Waals surface area contributed by atoms with Crippen molar-refractivity contribution in [2.24, 2.45) is 5.73 Å².